The van der Waals surface area contributed by atoms with Gasteiger partial charge in [-0.2, -0.15) is 0 Å². The van der Waals surface area contributed by atoms with Crippen LogP contribution in [0.4, 0.5) is 0 Å². The number of aromatic nitrogens is 1. The Balaban J connectivity index is 1.66. The summed E-state index contributed by atoms with van der Waals surface area (Å²) in [6.07, 6.45) is 5.31. The number of amides is 1. The van der Waals surface area contributed by atoms with Crippen molar-refractivity contribution in [1.29, 1.82) is 0 Å². The normalized spacial score (nSPS) is 16.9. The largest absolute Gasteiger partial charge is 0.439 e. The molecular weight excluding hydrogens is 366 g/mol. The first kappa shape index (κ1) is 19.3. The van der Waals surface area contributed by atoms with Crippen molar-refractivity contribution in [1.82, 2.24) is 15.6 Å². The Kier molecular flexibility index (Phi) is 6.08. The van der Waals surface area contributed by atoms with Crippen molar-refractivity contribution in [2.45, 2.75) is 36.7 Å². The van der Waals surface area contributed by atoms with Gasteiger partial charge in [0.15, 0.2) is 9.84 Å². The first-order valence-corrected chi connectivity index (χ1v) is 10.7. The van der Waals surface area contributed by atoms with Gasteiger partial charge in [0.2, 0.25) is 11.8 Å². The summed E-state index contributed by atoms with van der Waals surface area (Å²) >= 11 is 0. The number of pyridine rings is 1. The van der Waals surface area contributed by atoms with Crippen LogP contribution in [0.2, 0.25) is 0 Å². The Morgan fingerprint density at radius 3 is 2.93 bits per heavy atom. The number of carbonyl (C=O) groups is 1. The highest BCUT2D eigenvalue weighted by atomic mass is 32.2. The van der Waals surface area contributed by atoms with Crippen LogP contribution in [0.15, 0.2) is 47.5 Å². The molecular formula is C19H23N3O4S. The standard InChI is InChI=1S/C19H23N3O4S/c1-27(24,25)17-8-2-7-16(12-17)26-19-14(5-3-10-21-19)13-22-18(23)11-15-6-4-9-20-15/h2-3,5,7-8,10,12,15,20H,4,6,9,11,13H2,1H3,(H,22,23). The third-order valence-electron chi connectivity index (χ3n) is 4.37. The Labute approximate surface area is 159 Å². The van der Waals surface area contributed by atoms with Gasteiger partial charge in [-0.05, 0) is 43.7 Å². The van der Waals surface area contributed by atoms with Crippen molar-refractivity contribution < 1.29 is 17.9 Å². The van der Waals surface area contributed by atoms with Crippen molar-refractivity contribution in [2.24, 2.45) is 0 Å². The lowest BCUT2D eigenvalue weighted by atomic mass is 10.1. The van der Waals surface area contributed by atoms with Crippen LogP contribution in [-0.2, 0) is 21.2 Å². The molecule has 0 saturated carbocycles. The van der Waals surface area contributed by atoms with Crippen LogP contribution in [0, 0.1) is 0 Å². The summed E-state index contributed by atoms with van der Waals surface area (Å²) in [5.74, 6) is 0.685. The molecule has 2 aromatic rings. The van der Waals surface area contributed by atoms with Gasteiger partial charge in [0.1, 0.15) is 5.75 Å². The molecule has 1 aliphatic rings. The molecule has 0 bridgehead atoms. The van der Waals surface area contributed by atoms with Crippen LogP contribution in [0.5, 0.6) is 11.6 Å². The Bertz CT molecular complexity index is 909. The van der Waals surface area contributed by atoms with E-state index in [2.05, 4.69) is 15.6 Å². The minimum Gasteiger partial charge on any atom is -0.439 e. The Hall–Kier alpha value is -2.45. The molecule has 1 aromatic heterocycles. The Morgan fingerprint density at radius 1 is 1.33 bits per heavy atom. The van der Waals surface area contributed by atoms with E-state index in [-0.39, 0.29) is 16.8 Å². The lowest BCUT2D eigenvalue weighted by Gasteiger charge is -2.13. The fraction of sp³-hybridized carbons (Fsp3) is 0.368. The fourth-order valence-corrected chi connectivity index (χ4v) is 3.61. The van der Waals surface area contributed by atoms with Crippen LogP contribution in [-0.4, -0.2) is 38.2 Å². The minimum absolute atomic E-state index is 0.0247. The SMILES string of the molecule is CS(=O)(=O)c1cccc(Oc2ncccc2CNC(=O)CC2CCCN2)c1. The summed E-state index contributed by atoms with van der Waals surface area (Å²) in [7, 11) is -3.32. The summed E-state index contributed by atoms with van der Waals surface area (Å²) in [6, 6.07) is 10.1. The maximum absolute atomic E-state index is 12.1. The van der Waals surface area contributed by atoms with Crippen molar-refractivity contribution in [3.8, 4) is 11.6 Å². The molecule has 2 heterocycles. The molecule has 1 aromatic carbocycles. The first-order chi connectivity index (χ1) is 12.9. The molecule has 27 heavy (non-hydrogen) atoms. The molecule has 1 aliphatic heterocycles. The van der Waals surface area contributed by atoms with Gasteiger partial charge in [0.25, 0.3) is 0 Å². The van der Waals surface area contributed by atoms with E-state index in [1.54, 1.807) is 24.4 Å². The van der Waals surface area contributed by atoms with E-state index in [0.29, 0.717) is 24.6 Å². The smallest absolute Gasteiger partial charge is 0.224 e. The second kappa shape index (κ2) is 8.49. The molecule has 2 N–H and O–H groups in total. The average Bonchev–Trinajstić information content (AvgIpc) is 3.13. The average molecular weight is 389 g/mol. The van der Waals surface area contributed by atoms with Gasteiger partial charge in [-0.25, -0.2) is 13.4 Å². The molecule has 7 nitrogen and oxygen atoms in total. The highest BCUT2D eigenvalue weighted by Crippen LogP contribution is 2.25. The van der Waals surface area contributed by atoms with E-state index >= 15 is 0 Å². The molecule has 0 spiro atoms. The number of rotatable bonds is 7. The maximum Gasteiger partial charge on any atom is 0.224 e. The molecule has 1 fully saturated rings. The predicted molar refractivity (Wildman–Crippen MR) is 101 cm³/mol. The maximum atomic E-state index is 12.1. The van der Waals surface area contributed by atoms with Gasteiger partial charge in [-0.15, -0.1) is 0 Å². The molecule has 144 valence electrons. The monoisotopic (exact) mass is 389 g/mol. The zero-order chi connectivity index (χ0) is 19.3. The van der Waals surface area contributed by atoms with Crippen molar-refractivity contribution in [3.05, 3.63) is 48.2 Å². The number of benzene rings is 1. The second-order valence-electron chi connectivity index (χ2n) is 6.59. The van der Waals surface area contributed by atoms with Gasteiger partial charge in [0.05, 0.1) is 4.90 Å². The second-order valence-corrected chi connectivity index (χ2v) is 8.61. The van der Waals surface area contributed by atoms with E-state index in [4.69, 9.17) is 4.74 Å². The van der Waals surface area contributed by atoms with Crippen molar-refractivity contribution in [2.75, 3.05) is 12.8 Å². The number of nitrogens with zero attached hydrogens (tertiary/aromatic N) is 1. The number of carbonyl (C=O) groups excluding carboxylic acids is 1. The highest BCUT2D eigenvalue weighted by molar-refractivity contribution is 7.90. The van der Waals surface area contributed by atoms with Gasteiger partial charge in [0, 0.05) is 37.0 Å². The van der Waals surface area contributed by atoms with Crippen molar-refractivity contribution in [3.63, 3.8) is 0 Å². The zero-order valence-electron chi connectivity index (χ0n) is 15.1. The third-order valence-corrected chi connectivity index (χ3v) is 5.48. The lowest BCUT2D eigenvalue weighted by molar-refractivity contribution is -0.121. The molecule has 1 amide bonds. The fourth-order valence-electron chi connectivity index (χ4n) is 2.95. The van der Waals surface area contributed by atoms with Gasteiger partial charge >= 0.3 is 0 Å². The van der Waals surface area contributed by atoms with Gasteiger partial charge < -0.3 is 15.4 Å². The molecule has 1 saturated heterocycles. The van der Waals surface area contributed by atoms with Crippen LogP contribution in [0.25, 0.3) is 0 Å². The number of nitrogens with one attached hydrogen (secondary N) is 2. The topological polar surface area (TPSA) is 97.4 Å². The molecule has 0 radical (unpaired) electrons. The van der Waals surface area contributed by atoms with E-state index in [9.17, 15) is 13.2 Å². The van der Waals surface area contributed by atoms with Crippen LogP contribution >= 0.6 is 0 Å². The number of ether oxygens (including phenoxy) is 1. The summed E-state index contributed by atoms with van der Waals surface area (Å²) in [5.41, 5.74) is 0.718. The van der Waals surface area contributed by atoms with Gasteiger partial charge in [-0.3, -0.25) is 4.79 Å². The number of hydrogen-bond acceptors (Lipinski definition) is 6. The van der Waals surface area contributed by atoms with E-state index in [1.807, 2.05) is 6.07 Å². The molecule has 3 rings (SSSR count). The number of sulfone groups is 1. The summed E-state index contributed by atoms with van der Waals surface area (Å²) in [5, 5.41) is 6.19. The van der Waals surface area contributed by atoms with Crippen molar-refractivity contribution >= 4 is 15.7 Å². The number of hydrogen-bond donors (Lipinski definition) is 2. The molecule has 8 heteroatoms. The predicted octanol–water partition coefficient (Wildman–Crippen LogP) is 2.04. The quantitative estimate of drug-likeness (QED) is 0.752. The summed E-state index contributed by atoms with van der Waals surface area (Å²) in [6.45, 7) is 1.26. The zero-order valence-corrected chi connectivity index (χ0v) is 16.0. The molecule has 1 atom stereocenters. The van der Waals surface area contributed by atoms with Crippen LogP contribution in [0.3, 0.4) is 0 Å². The lowest BCUT2D eigenvalue weighted by Crippen LogP contribution is -2.31. The van der Waals surface area contributed by atoms with Crippen LogP contribution < -0.4 is 15.4 Å². The minimum atomic E-state index is -3.32. The van der Waals surface area contributed by atoms with E-state index < -0.39 is 9.84 Å². The Morgan fingerprint density at radius 2 is 2.19 bits per heavy atom. The van der Waals surface area contributed by atoms with E-state index in [1.165, 1.54) is 12.1 Å². The van der Waals surface area contributed by atoms with Crippen LogP contribution in [0.1, 0.15) is 24.8 Å². The van der Waals surface area contributed by atoms with E-state index in [0.717, 1.165) is 31.2 Å². The first-order valence-electron chi connectivity index (χ1n) is 8.84. The summed E-state index contributed by atoms with van der Waals surface area (Å²) in [4.78, 5) is 16.5. The highest BCUT2D eigenvalue weighted by Gasteiger charge is 2.18. The summed E-state index contributed by atoms with van der Waals surface area (Å²) < 4.78 is 29.2. The third kappa shape index (κ3) is 5.51. The van der Waals surface area contributed by atoms with Gasteiger partial charge in [-0.1, -0.05) is 12.1 Å². The molecule has 1 unspecified atom stereocenters. The molecule has 0 aliphatic carbocycles.